The Balaban J connectivity index is 1.47. The van der Waals surface area contributed by atoms with Crippen LogP contribution in [-0.2, 0) is 17.8 Å². The van der Waals surface area contributed by atoms with Crippen molar-refractivity contribution >= 4 is 43.4 Å². The number of aryl methyl sites for hydroxylation is 1. The first-order valence-electron chi connectivity index (χ1n) is 8.48. The first kappa shape index (κ1) is 18.8. The molecule has 0 fully saturated rings. The van der Waals surface area contributed by atoms with Crippen molar-refractivity contribution in [3.05, 3.63) is 61.9 Å². The van der Waals surface area contributed by atoms with Gasteiger partial charge in [-0.1, -0.05) is 28.1 Å². The molecule has 1 amide bonds. The summed E-state index contributed by atoms with van der Waals surface area (Å²) < 4.78 is 1.70. The monoisotopic (exact) mass is 433 g/mol. The predicted molar refractivity (Wildman–Crippen MR) is 108 cm³/mol. The van der Waals surface area contributed by atoms with Crippen molar-refractivity contribution < 1.29 is 4.79 Å². The Morgan fingerprint density at radius 3 is 2.77 bits per heavy atom. The van der Waals surface area contributed by atoms with Gasteiger partial charge in [-0.15, -0.1) is 11.3 Å². The van der Waals surface area contributed by atoms with Gasteiger partial charge in [-0.3, -0.25) is 9.59 Å². The first-order valence-corrected chi connectivity index (χ1v) is 10.1. The van der Waals surface area contributed by atoms with Crippen molar-refractivity contribution in [1.29, 1.82) is 0 Å². The van der Waals surface area contributed by atoms with Crippen molar-refractivity contribution in [2.45, 2.75) is 32.2 Å². The van der Waals surface area contributed by atoms with Crippen LogP contribution in [0.5, 0.6) is 0 Å². The van der Waals surface area contributed by atoms with E-state index in [4.69, 9.17) is 0 Å². The van der Waals surface area contributed by atoms with E-state index in [2.05, 4.69) is 38.0 Å². The number of amides is 1. The molecule has 136 valence electrons. The Morgan fingerprint density at radius 2 is 2.00 bits per heavy atom. The largest absolute Gasteiger partial charge is 0.338 e. The molecular formula is C19H20BrN3O2S. The SMILES string of the molecule is CN(Cc1nc2ccsc2c(=O)[nH]1)C(=O)CCCCc1ccc(Br)cc1. The summed E-state index contributed by atoms with van der Waals surface area (Å²) in [5.74, 6) is 0.584. The third kappa shape index (κ3) is 4.80. The van der Waals surface area contributed by atoms with E-state index in [1.165, 1.54) is 16.9 Å². The summed E-state index contributed by atoms with van der Waals surface area (Å²) in [6.45, 7) is 0.312. The molecule has 2 heterocycles. The normalized spacial score (nSPS) is 11.0. The molecule has 3 aromatic rings. The van der Waals surface area contributed by atoms with E-state index in [0.29, 0.717) is 29.0 Å². The summed E-state index contributed by atoms with van der Waals surface area (Å²) in [7, 11) is 1.74. The van der Waals surface area contributed by atoms with Gasteiger partial charge in [-0.05, 0) is 48.4 Å². The van der Waals surface area contributed by atoms with Crippen molar-refractivity contribution in [3.63, 3.8) is 0 Å². The molecule has 0 unspecified atom stereocenters. The lowest BCUT2D eigenvalue weighted by atomic mass is 10.1. The number of aromatic amines is 1. The molecule has 0 atom stereocenters. The number of benzene rings is 1. The van der Waals surface area contributed by atoms with Crippen LogP contribution in [0.1, 0.15) is 30.7 Å². The Kier molecular flexibility index (Phi) is 6.21. The topological polar surface area (TPSA) is 66.1 Å². The van der Waals surface area contributed by atoms with Gasteiger partial charge in [0.05, 0.1) is 12.1 Å². The van der Waals surface area contributed by atoms with Crippen molar-refractivity contribution in [1.82, 2.24) is 14.9 Å². The van der Waals surface area contributed by atoms with Gasteiger partial charge >= 0.3 is 0 Å². The number of nitrogens with one attached hydrogen (secondary N) is 1. The molecule has 0 aliphatic carbocycles. The number of hydrogen-bond acceptors (Lipinski definition) is 4. The Bertz CT molecular complexity index is 949. The van der Waals surface area contributed by atoms with Gasteiger partial charge in [0.15, 0.2) is 0 Å². The first-order chi connectivity index (χ1) is 12.5. The number of thiophene rings is 1. The minimum Gasteiger partial charge on any atom is -0.338 e. The molecule has 0 saturated carbocycles. The van der Waals surface area contributed by atoms with Crippen LogP contribution in [0.2, 0.25) is 0 Å². The fraction of sp³-hybridized carbons (Fsp3) is 0.316. The molecule has 5 nitrogen and oxygen atoms in total. The van der Waals surface area contributed by atoms with E-state index >= 15 is 0 Å². The highest BCUT2D eigenvalue weighted by Gasteiger charge is 2.12. The summed E-state index contributed by atoms with van der Waals surface area (Å²) in [6.07, 6.45) is 3.27. The smallest absolute Gasteiger partial charge is 0.268 e. The zero-order chi connectivity index (χ0) is 18.5. The standard InChI is InChI=1S/C19H20BrN3O2S/c1-23(12-16-21-15-10-11-26-18(15)19(25)22-16)17(24)5-3-2-4-13-6-8-14(20)9-7-13/h6-11H,2-5,12H2,1H3,(H,21,22,25). The fourth-order valence-electron chi connectivity index (χ4n) is 2.76. The van der Waals surface area contributed by atoms with Crippen LogP contribution in [0, 0.1) is 0 Å². The third-order valence-electron chi connectivity index (χ3n) is 4.20. The number of carbonyl (C=O) groups is 1. The van der Waals surface area contributed by atoms with Gasteiger partial charge in [-0.2, -0.15) is 0 Å². The number of hydrogen-bond donors (Lipinski definition) is 1. The van der Waals surface area contributed by atoms with E-state index in [1.807, 2.05) is 23.6 Å². The lowest BCUT2D eigenvalue weighted by Crippen LogP contribution is -2.28. The molecule has 0 aliphatic heterocycles. The predicted octanol–water partition coefficient (Wildman–Crippen LogP) is 4.12. The average Bonchev–Trinajstić information content (AvgIpc) is 3.09. The van der Waals surface area contributed by atoms with Gasteiger partial charge < -0.3 is 9.88 Å². The Hall–Kier alpha value is -1.99. The number of H-pyrrole nitrogens is 1. The Labute approximate surface area is 164 Å². The summed E-state index contributed by atoms with van der Waals surface area (Å²) in [5.41, 5.74) is 1.82. The number of nitrogens with zero attached hydrogens (tertiary/aromatic N) is 2. The summed E-state index contributed by atoms with van der Waals surface area (Å²) in [4.78, 5) is 33.1. The zero-order valence-electron chi connectivity index (χ0n) is 14.5. The molecule has 1 aromatic carbocycles. The Morgan fingerprint density at radius 1 is 1.23 bits per heavy atom. The van der Waals surface area contributed by atoms with E-state index < -0.39 is 0 Å². The van der Waals surface area contributed by atoms with Crippen LogP contribution in [0.3, 0.4) is 0 Å². The maximum Gasteiger partial charge on any atom is 0.268 e. The lowest BCUT2D eigenvalue weighted by molar-refractivity contribution is -0.130. The van der Waals surface area contributed by atoms with Crippen LogP contribution in [-0.4, -0.2) is 27.8 Å². The molecular weight excluding hydrogens is 414 g/mol. The zero-order valence-corrected chi connectivity index (χ0v) is 16.9. The van der Waals surface area contributed by atoms with E-state index in [0.717, 1.165) is 23.7 Å². The summed E-state index contributed by atoms with van der Waals surface area (Å²) in [6, 6.07) is 10.1. The summed E-state index contributed by atoms with van der Waals surface area (Å²) in [5, 5.41) is 1.84. The van der Waals surface area contributed by atoms with Crippen LogP contribution in [0.4, 0.5) is 0 Å². The number of halogens is 1. The molecule has 0 aliphatic rings. The minimum atomic E-state index is -0.143. The maximum atomic E-state index is 12.3. The molecule has 0 bridgehead atoms. The quantitative estimate of drug-likeness (QED) is 0.569. The number of fused-ring (bicyclic) bond motifs is 1. The average molecular weight is 434 g/mol. The highest BCUT2D eigenvalue weighted by Crippen LogP contribution is 2.15. The van der Waals surface area contributed by atoms with Crippen LogP contribution in [0.25, 0.3) is 10.2 Å². The highest BCUT2D eigenvalue weighted by atomic mass is 79.9. The molecule has 26 heavy (non-hydrogen) atoms. The second-order valence-corrected chi connectivity index (χ2v) is 8.06. The van der Waals surface area contributed by atoms with Gasteiger partial charge in [0.25, 0.3) is 5.56 Å². The number of aromatic nitrogens is 2. The molecule has 7 heteroatoms. The van der Waals surface area contributed by atoms with Crippen molar-refractivity contribution in [3.8, 4) is 0 Å². The minimum absolute atomic E-state index is 0.0638. The van der Waals surface area contributed by atoms with Gasteiger partial charge in [0.1, 0.15) is 10.5 Å². The number of rotatable bonds is 7. The van der Waals surface area contributed by atoms with Gasteiger partial charge in [0.2, 0.25) is 5.91 Å². The molecule has 0 radical (unpaired) electrons. The lowest BCUT2D eigenvalue weighted by Gasteiger charge is -2.16. The molecule has 0 saturated heterocycles. The number of carbonyl (C=O) groups excluding carboxylic acids is 1. The number of unbranched alkanes of at least 4 members (excludes halogenated alkanes) is 1. The van der Waals surface area contributed by atoms with Gasteiger partial charge in [-0.25, -0.2) is 4.98 Å². The van der Waals surface area contributed by atoms with Crippen molar-refractivity contribution in [2.24, 2.45) is 0 Å². The molecule has 1 N–H and O–H groups in total. The second kappa shape index (κ2) is 8.60. The van der Waals surface area contributed by atoms with Crippen LogP contribution >= 0.6 is 27.3 Å². The molecule has 0 spiro atoms. The van der Waals surface area contributed by atoms with E-state index in [-0.39, 0.29) is 11.5 Å². The van der Waals surface area contributed by atoms with E-state index in [1.54, 1.807) is 11.9 Å². The van der Waals surface area contributed by atoms with Crippen LogP contribution < -0.4 is 5.56 Å². The molecule has 3 rings (SSSR count). The van der Waals surface area contributed by atoms with Crippen molar-refractivity contribution in [2.75, 3.05) is 7.05 Å². The van der Waals surface area contributed by atoms with Crippen LogP contribution in [0.15, 0.2) is 45.0 Å². The molecule has 2 aromatic heterocycles. The van der Waals surface area contributed by atoms with E-state index in [9.17, 15) is 9.59 Å². The fourth-order valence-corrected chi connectivity index (χ4v) is 3.75. The third-order valence-corrected chi connectivity index (χ3v) is 5.63. The summed E-state index contributed by atoms with van der Waals surface area (Å²) >= 11 is 4.80. The van der Waals surface area contributed by atoms with Gasteiger partial charge in [0, 0.05) is 17.9 Å². The second-order valence-electron chi connectivity index (χ2n) is 6.23. The highest BCUT2D eigenvalue weighted by molar-refractivity contribution is 9.10. The maximum absolute atomic E-state index is 12.3.